The quantitative estimate of drug-likeness (QED) is 0.531. The number of aromatic hydroxyl groups is 2. The first-order chi connectivity index (χ1) is 14.8. The highest BCUT2D eigenvalue weighted by Crippen LogP contribution is 2.45. The highest BCUT2D eigenvalue weighted by atomic mass is 16.5. The summed E-state index contributed by atoms with van der Waals surface area (Å²) in [5, 5.41) is 20.2. The Kier molecular flexibility index (Phi) is 7.06. The number of rotatable bonds is 7. The second-order valence-corrected chi connectivity index (χ2v) is 8.18. The lowest BCUT2D eigenvalue weighted by atomic mass is 9.92. The molecule has 164 valence electrons. The summed E-state index contributed by atoms with van der Waals surface area (Å²) >= 11 is 0. The summed E-state index contributed by atoms with van der Waals surface area (Å²) in [4.78, 5) is 13.0. The zero-order valence-electron chi connectivity index (χ0n) is 18.6. The van der Waals surface area contributed by atoms with Gasteiger partial charge in [-0.2, -0.15) is 0 Å². The Morgan fingerprint density at radius 3 is 2.52 bits per heavy atom. The minimum atomic E-state index is -0.479. The third kappa shape index (κ3) is 5.29. The normalized spacial score (nSPS) is 15.8. The summed E-state index contributed by atoms with van der Waals surface area (Å²) in [6.07, 6.45) is 6.34. The molecular weight excluding hydrogens is 392 g/mol. The first-order valence-corrected chi connectivity index (χ1v) is 10.5. The van der Waals surface area contributed by atoms with Gasteiger partial charge in [0.25, 0.3) is 0 Å². The molecule has 0 amide bonds. The van der Waals surface area contributed by atoms with E-state index in [1.54, 1.807) is 24.3 Å². The van der Waals surface area contributed by atoms with Gasteiger partial charge in [0.2, 0.25) is 0 Å². The molecule has 1 atom stereocenters. The van der Waals surface area contributed by atoms with E-state index in [4.69, 9.17) is 9.47 Å². The minimum absolute atomic E-state index is 0.0445. The number of benzene rings is 2. The number of Topliss-reactive ketones (excluding diaryl/α,β-unsaturated/α-hetero) is 1. The predicted molar refractivity (Wildman–Crippen MR) is 121 cm³/mol. The standard InChI is InChI=1S/C26H30O5/c1-16(2)6-5-7-17(3)8-13-20-21(28)14-24-25(26(20)30-4)22(29)15-23(31-24)18-9-11-19(27)12-10-18/h6,8-12,14,23,27-28H,5,7,13,15H2,1-4H3/b17-8+. The van der Waals surface area contributed by atoms with Crippen LogP contribution in [0.2, 0.25) is 0 Å². The Balaban J connectivity index is 1.87. The topological polar surface area (TPSA) is 76.0 Å². The molecule has 31 heavy (non-hydrogen) atoms. The number of hydrogen-bond acceptors (Lipinski definition) is 5. The van der Waals surface area contributed by atoms with Gasteiger partial charge in [-0.05, 0) is 57.7 Å². The maximum atomic E-state index is 13.0. The van der Waals surface area contributed by atoms with Crippen molar-refractivity contribution >= 4 is 5.78 Å². The van der Waals surface area contributed by atoms with Crippen molar-refractivity contribution in [2.45, 2.75) is 52.6 Å². The van der Waals surface area contributed by atoms with Crippen molar-refractivity contribution in [3.05, 3.63) is 70.3 Å². The van der Waals surface area contributed by atoms with Crippen molar-refractivity contribution in [2.75, 3.05) is 7.11 Å². The van der Waals surface area contributed by atoms with Crippen LogP contribution in [0.4, 0.5) is 0 Å². The van der Waals surface area contributed by atoms with E-state index in [2.05, 4.69) is 32.9 Å². The van der Waals surface area contributed by atoms with Crippen LogP contribution in [0.1, 0.15) is 67.6 Å². The summed E-state index contributed by atoms with van der Waals surface area (Å²) < 4.78 is 11.6. The van der Waals surface area contributed by atoms with Gasteiger partial charge in [0.15, 0.2) is 5.78 Å². The molecule has 0 aliphatic carbocycles. The Labute approximate surface area is 183 Å². The van der Waals surface area contributed by atoms with Crippen LogP contribution in [0, 0.1) is 0 Å². The molecule has 2 aromatic rings. The van der Waals surface area contributed by atoms with Gasteiger partial charge >= 0.3 is 0 Å². The average molecular weight is 423 g/mol. The molecule has 1 aliphatic heterocycles. The van der Waals surface area contributed by atoms with Crippen LogP contribution in [0.25, 0.3) is 0 Å². The fourth-order valence-corrected chi connectivity index (χ4v) is 3.75. The molecule has 0 bridgehead atoms. The number of ether oxygens (including phenoxy) is 2. The molecule has 2 N–H and O–H groups in total. The second kappa shape index (κ2) is 9.73. The average Bonchev–Trinajstić information content (AvgIpc) is 2.72. The molecule has 0 saturated heterocycles. The van der Waals surface area contributed by atoms with Gasteiger partial charge in [-0.15, -0.1) is 0 Å². The summed E-state index contributed by atoms with van der Waals surface area (Å²) in [7, 11) is 1.50. The van der Waals surface area contributed by atoms with Crippen molar-refractivity contribution in [1.29, 1.82) is 0 Å². The summed E-state index contributed by atoms with van der Waals surface area (Å²) in [5.74, 6) is 0.790. The van der Waals surface area contributed by atoms with E-state index in [0.29, 0.717) is 29.0 Å². The van der Waals surface area contributed by atoms with Gasteiger partial charge in [-0.25, -0.2) is 0 Å². The first-order valence-electron chi connectivity index (χ1n) is 10.5. The monoisotopic (exact) mass is 422 g/mol. The number of ketones is 1. The van der Waals surface area contributed by atoms with Crippen LogP contribution in [-0.2, 0) is 6.42 Å². The lowest BCUT2D eigenvalue weighted by Gasteiger charge is -2.28. The van der Waals surface area contributed by atoms with Gasteiger partial charge in [-0.3, -0.25) is 4.79 Å². The summed E-state index contributed by atoms with van der Waals surface area (Å²) in [6, 6.07) is 8.08. The number of phenols is 2. The van der Waals surface area contributed by atoms with Crippen molar-refractivity contribution in [3.63, 3.8) is 0 Å². The maximum absolute atomic E-state index is 13.0. The summed E-state index contributed by atoms with van der Waals surface area (Å²) in [5.41, 5.74) is 4.26. The van der Waals surface area contributed by atoms with Gasteiger partial charge in [-0.1, -0.05) is 35.4 Å². The zero-order valence-corrected chi connectivity index (χ0v) is 18.6. The SMILES string of the molecule is COc1c(C/C=C(\C)CCC=C(C)C)c(O)cc2c1C(=O)CC(c1ccc(O)cc1)O2. The number of carbonyl (C=O) groups is 1. The number of carbonyl (C=O) groups excluding carboxylic acids is 1. The van der Waals surface area contributed by atoms with Gasteiger partial charge in [0, 0.05) is 11.6 Å². The van der Waals surface area contributed by atoms with E-state index >= 15 is 0 Å². The largest absolute Gasteiger partial charge is 0.508 e. The van der Waals surface area contributed by atoms with Crippen LogP contribution >= 0.6 is 0 Å². The van der Waals surface area contributed by atoms with E-state index in [1.807, 2.05) is 0 Å². The van der Waals surface area contributed by atoms with E-state index in [9.17, 15) is 15.0 Å². The molecule has 1 unspecified atom stereocenters. The maximum Gasteiger partial charge on any atom is 0.174 e. The van der Waals surface area contributed by atoms with Gasteiger partial charge in [0.05, 0.1) is 13.5 Å². The zero-order chi connectivity index (χ0) is 22.5. The predicted octanol–water partition coefficient (Wildman–Crippen LogP) is 6.05. The van der Waals surface area contributed by atoms with Crippen LogP contribution < -0.4 is 9.47 Å². The molecule has 3 rings (SSSR count). The van der Waals surface area contributed by atoms with E-state index in [0.717, 1.165) is 18.4 Å². The number of hydrogen-bond donors (Lipinski definition) is 2. The highest BCUT2D eigenvalue weighted by Gasteiger charge is 2.33. The Bertz CT molecular complexity index is 1010. The Morgan fingerprint density at radius 2 is 1.87 bits per heavy atom. The molecule has 2 aromatic carbocycles. The molecule has 5 nitrogen and oxygen atoms in total. The third-order valence-electron chi connectivity index (χ3n) is 5.46. The van der Waals surface area contributed by atoms with Crippen LogP contribution in [0.5, 0.6) is 23.0 Å². The van der Waals surface area contributed by atoms with Crippen molar-refractivity contribution < 1.29 is 24.5 Å². The molecule has 0 spiro atoms. The van der Waals surface area contributed by atoms with Crippen molar-refractivity contribution in [2.24, 2.45) is 0 Å². The van der Waals surface area contributed by atoms with Crippen LogP contribution in [0.15, 0.2) is 53.6 Å². The fourth-order valence-electron chi connectivity index (χ4n) is 3.75. The molecule has 0 aromatic heterocycles. The molecular formula is C26H30O5. The molecule has 0 radical (unpaired) electrons. The van der Waals surface area contributed by atoms with E-state index in [1.165, 1.54) is 24.3 Å². The van der Waals surface area contributed by atoms with Crippen LogP contribution in [0.3, 0.4) is 0 Å². The molecule has 0 fully saturated rings. The molecule has 1 aliphatic rings. The number of fused-ring (bicyclic) bond motifs is 1. The number of phenolic OH excluding ortho intramolecular Hbond substituents is 2. The van der Waals surface area contributed by atoms with E-state index < -0.39 is 6.10 Å². The Morgan fingerprint density at radius 1 is 1.16 bits per heavy atom. The third-order valence-corrected chi connectivity index (χ3v) is 5.46. The van der Waals surface area contributed by atoms with Gasteiger partial charge < -0.3 is 19.7 Å². The first kappa shape index (κ1) is 22.5. The summed E-state index contributed by atoms with van der Waals surface area (Å²) in [6.45, 7) is 6.23. The second-order valence-electron chi connectivity index (χ2n) is 8.18. The lowest BCUT2D eigenvalue weighted by molar-refractivity contribution is 0.0844. The lowest BCUT2D eigenvalue weighted by Crippen LogP contribution is -2.21. The van der Waals surface area contributed by atoms with Crippen molar-refractivity contribution in [1.82, 2.24) is 0 Å². The van der Waals surface area contributed by atoms with Crippen molar-refractivity contribution in [3.8, 4) is 23.0 Å². The Hall–Kier alpha value is -3.21. The molecule has 1 heterocycles. The minimum Gasteiger partial charge on any atom is -0.508 e. The van der Waals surface area contributed by atoms with Gasteiger partial charge in [0.1, 0.15) is 34.7 Å². The highest BCUT2D eigenvalue weighted by molar-refractivity contribution is 6.03. The van der Waals surface area contributed by atoms with Crippen LogP contribution in [-0.4, -0.2) is 23.1 Å². The van der Waals surface area contributed by atoms with E-state index in [-0.39, 0.29) is 23.7 Å². The smallest absolute Gasteiger partial charge is 0.174 e. The number of methoxy groups -OCH3 is 1. The fraction of sp³-hybridized carbons (Fsp3) is 0.346. The molecule has 0 saturated carbocycles. The molecule has 5 heteroatoms. The number of allylic oxidation sites excluding steroid dienone is 4.